The van der Waals surface area contributed by atoms with Crippen LogP contribution < -0.4 is 10.5 Å². The number of nitrogens with two attached hydrogens (primary N) is 1. The van der Waals surface area contributed by atoms with Gasteiger partial charge in [-0.05, 0) is 19.9 Å². The molecule has 18 heavy (non-hydrogen) atoms. The summed E-state index contributed by atoms with van der Waals surface area (Å²) in [7, 11) is 0. The minimum absolute atomic E-state index is 0.219. The lowest BCUT2D eigenvalue weighted by molar-refractivity contribution is 0.451. The Morgan fingerprint density at radius 3 is 2.89 bits per heavy atom. The summed E-state index contributed by atoms with van der Waals surface area (Å²) in [6.07, 6.45) is 4.90. The van der Waals surface area contributed by atoms with Gasteiger partial charge in [0.15, 0.2) is 5.75 Å². The van der Waals surface area contributed by atoms with Gasteiger partial charge < -0.3 is 10.5 Å². The molecule has 2 aromatic heterocycles. The van der Waals surface area contributed by atoms with Gasteiger partial charge in [0.2, 0.25) is 5.88 Å². The van der Waals surface area contributed by atoms with Crippen molar-refractivity contribution in [2.75, 3.05) is 0 Å². The molecule has 0 saturated heterocycles. The number of hydrogen-bond acceptors (Lipinski definition) is 5. The molecule has 0 atom stereocenters. The molecule has 0 bridgehead atoms. The first-order valence-corrected chi connectivity index (χ1v) is 5.82. The molecule has 2 aromatic rings. The van der Waals surface area contributed by atoms with Gasteiger partial charge in [0.25, 0.3) is 0 Å². The highest BCUT2D eigenvalue weighted by molar-refractivity contribution is 7.80. The van der Waals surface area contributed by atoms with Crippen LogP contribution in [0.15, 0.2) is 24.7 Å². The minimum atomic E-state index is 0.219. The number of rotatable bonds is 4. The van der Waals surface area contributed by atoms with Crippen molar-refractivity contribution >= 4 is 17.2 Å². The van der Waals surface area contributed by atoms with Gasteiger partial charge in [-0.3, -0.25) is 4.68 Å². The van der Waals surface area contributed by atoms with Gasteiger partial charge in [-0.15, -0.1) is 5.10 Å². The maximum absolute atomic E-state index is 5.58. The Bertz CT molecular complexity index is 566. The van der Waals surface area contributed by atoms with Crippen LogP contribution in [0.1, 0.15) is 25.5 Å². The molecule has 0 aliphatic heterocycles. The van der Waals surface area contributed by atoms with Crippen molar-refractivity contribution in [2.24, 2.45) is 5.73 Å². The highest BCUT2D eigenvalue weighted by atomic mass is 32.1. The van der Waals surface area contributed by atoms with Crippen molar-refractivity contribution in [3.05, 3.63) is 30.2 Å². The third-order valence-corrected chi connectivity index (χ3v) is 2.49. The second-order valence-electron chi connectivity index (χ2n) is 3.97. The van der Waals surface area contributed by atoms with Crippen LogP contribution in [-0.4, -0.2) is 25.0 Å². The SMILES string of the molecule is CC(C)n1cc(Oc2nnccc2C(N)=S)cn1. The van der Waals surface area contributed by atoms with Crippen LogP contribution >= 0.6 is 12.2 Å². The molecule has 0 aliphatic rings. The standard InChI is InChI=1S/C11H13N5OS/c1-7(2)16-6-8(5-14-16)17-11-9(10(12)18)3-4-13-15-11/h3-7H,1-2H3,(H2,12,18). The van der Waals surface area contributed by atoms with E-state index in [1.165, 1.54) is 6.20 Å². The predicted molar refractivity (Wildman–Crippen MR) is 70.6 cm³/mol. The quantitative estimate of drug-likeness (QED) is 0.845. The average Bonchev–Trinajstić information content (AvgIpc) is 2.78. The number of nitrogens with zero attached hydrogens (tertiary/aromatic N) is 4. The van der Waals surface area contributed by atoms with Crippen molar-refractivity contribution in [3.63, 3.8) is 0 Å². The summed E-state index contributed by atoms with van der Waals surface area (Å²) in [5, 5.41) is 11.8. The van der Waals surface area contributed by atoms with E-state index in [1.54, 1.807) is 23.1 Å². The number of thiocarbonyl (C=S) groups is 1. The molecular formula is C11H13N5OS. The van der Waals surface area contributed by atoms with Crippen molar-refractivity contribution in [1.29, 1.82) is 0 Å². The molecule has 2 heterocycles. The van der Waals surface area contributed by atoms with Crippen LogP contribution in [0.3, 0.4) is 0 Å². The Balaban J connectivity index is 2.25. The van der Waals surface area contributed by atoms with E-state index in [-0.39, 0.29) is 16.9 Å². The zero-order valence-electron chi connectivity index (χ0n) is 10.1. The summed E-state index contributed by atoms with van der Waals surface area (Å²) in [5.74, 6) is 0.856. The molecule has 0 saturated carbocycles. The maximum atomic E-state index is 5.58. The number of ether oxygens (including phenoxy) is 1. The van der Waals surface area contributed by atoms with Crippen molar-refractivity contribution in [3.8, 4) is 11.6 Å². The predicted octanol–water partition coefficient (Wildman–Crippen LogP) is 1.68. The topological polar surface area (TPSA) is 78.8 Å². The van der Waals surface area contributed by atoms with Crippen LogP contribution in [0.5, 0.6) is 11.6 Å². The zero-order chi connectivity index (χ0) is 13.1. The molecule has 94 valence electrons. The van der Waals surface area contributed by atoms with Crippen LogP contribution in [0.25, 0.3) is 0 Å². The zero-order valence-corrected chi connectivity index (χ0v) is 10.9. The smallest absolute Gasteiger partial charge is 0.249 e. The summed E-state index contributed by atoms with van der Waals surface area (Å²) in [4.78, 5) is 0.219. The third kappa shape index (κ3) is 2.62. The van der Waals surface area contributed by atoms with Crippen LogP contribution in [-0.2, 0) is 0 Å². The molecule has 2 N–H and O–H groups in total. The van der Waals surface area contributed by atoms with E-state index in [0.717, 1.165) is 0 Å². The number of aromatic nitrogens is 4. The largest absolute Gasteiger partial charge is 0.434 e. The van der Waals surface area contributed by atoms with Gasteiger partial charge in [0, 0.05) is 6.04 Å². The van der Waals surface area contributed by atoms with E-state index in [2.05, 4.69) is 15.3 Å². The summed E-state index contributed by atoms with van der Waals surface area (Å²) in [5.41, 5.74) is 6.14. The Morgan fingerprint density at radius 1 is 1.50 bits per heavy atom. The lowest BCUT2D eigenvalue weighted by Gasteiger charge is -2.06. The van der Waals surface area contributed by atoms with E-state index >= 15 is 0 Å². The lowest BCUT2D eigenvalue weighted by Crippen LogP contribution is -2.11. The maximum Gasteiger partial charge on any atom is 0.249 e. The molecule has 0 unspecified atom stereocenters. The summed E-state index contributed by atoms with van der Waals surface area (Å²) in [6.45, 7) is 4.05. The summed E-state index contributed by atoms with van der Waals surface area (Å²) in [6, 6.07) is 1.93. The molecule has 7 heteroatoms. The lowest BCUT2D eigenvalue weighted by atomic mass is 10.3. The van der Waals surface area contributed by atoms with Gasteiger partial charge in [-0.1, -0.05) is 12.2 Å². The highest BCUT2D eigenvalue weighted by Crippen LogP contribution is 2.22. The molecule has 0 amide bonds. The van der Waals surface area contributed by atoms with Crippen LogP contribution in [0, 0.1) is 0 Å². The van der Waals surface area contributed by atoms with Gasteiger partial charge in [0.1, 0.15) is 4.99 Å². The van der Waals surface area contributed by atoms with Crippen molar-refractivity contribution in [1.82, 2.24) is 20.0 Å². The van der Waals surface area contributed by atoms with E-state index in [4.69, 9.17) is 22.7 Å². The van der Waals surface area contributed by atoms with E-state index in [1.807, 2.05) is 13.8 Å². The Hall–Kier alpha value is -2.02. The second kappa shape index (κ2) is 5.09. The molecule has 0 spiro atoms. The van der Waals surface area contributed by atoms with Crippen molar-refractivity contribution in [2.45, 2.75) is 19.9 Å². The first-order valence-electron chi connectivity index (χ1n) is 5.41. The Kier molecular flexibility index (Phi) is 3.52. The molecule has 2 rings (SSSR count). The fraction of sp³-hybridized carbons (Fsp3) is 0.273. The Morgan fingerprint density at radius 2 is 2.28 bits per heavy atom. The second-order valence-corrected chi connectivity index (χ2v) is 4.41. The molecule has 6 nitrogen and oxygen atoms in total. The third-order valence-electron chi connectivity index (χ3n) is 2.27. The van der Waals surface area contributed by atoms with Gasteiger partial charge >= 0.3 is 0 Å². The first-order chi connectivity index (χ1) is 8.58. The van der Waals surface area contributed by atoms with E-state index in [9.17, 15) is 0 Å². The normalized spacial score (nSPS) is 10.6. The average molecular weight is 263 g/mol. The minimum Gasteiger partial charge on any atom is -0.434 e. The monoisotopic (exact) mass is 263 g/mol. The molecule has 0 aliphatic carbocycles. The molecule has 0 radical (unpaired) electrons. The fourth-order valence-electron chi connectivity index (χ4n) is 1.35. The summed E-state index contributed by atoms with van der Waals surface area (Å²) >= 11 is 4.92. The van der Waals surface area contributed by atoms with Gasteiger partial charge in [0.05, 0.1) is 24.2 Å². The van der Waals surface area contributed by atoms with Gasteiger partial charge in [-0.2, -0.15) is 10.2 Å². The van der Waals surface area contributed by atoms with Crippen LogP contribution in [0.4, 0.5) is 0 Å². The van der Waals surface area contributed by atoms with Gasteiger partial charge in [-0.25, -0.2) is 0 Å². The Labute approximate surface area is 110 Å². The van der Waals surface area contributed by atoms with Crippen molar-refractivity contribution < 1.29 is 4.74 Å². The summed E-state index contributed by atoms with van der Waals surface area (Å²) < 4.78 is 7.36. The first kappa shape index (κ1) is 12.4. The fourth-order valence-corrected chi connectivity index (χ4v) is 1.50. The van der Waals surface area contributed by atoms with E-state index in [0.29, 0.717) is 11.3 Å². The molecule has 0 aromatic carbocycles. The van der Waals surface area contributed by atoms with E-state index < -0.39 is 0 Å². The number of hydrogen-bond donors (Lipinski definition) is 1. The van der Waals surface area contributed by atoms with Crippen LogP contribution in [0.2, 0.25) is 0 Å². The molecule has 0 fully saturated rings. The molecular weight excluding hydrogens is 250 g/mol. The highest BCUT2D eigenvalue weighted by Gasteiger charge is 2.11.